The van der Waals surface area contributed by atoms with Gasteiger partial charge >= 0.3 is 5.97 Å². The molecule has 7 heteroatoms. The Bertz CT molecular complexity index is 644. The van der Waals surface area contributed by atoms with Crippen molar-refractivity contribution in [1.82, 2.24) is 0 Å². The summed E-state index contributed by atoms with van der Waals surface area (Å²) in [5, 5.41) is 11.3. The maximum Gasteiger partial charge on any atom is 0.320 e. The second kappa shape index (κ2) is 7.42. The Hall–Kier alpha value is -2.44. The quantitative estimate of drug-likeness (QED) is 0.328. The number of esters is 1. The van der Waals surface area contributed by atoms with Crippen LogP contribution in [0.1, 0.15) is 37.7 Å². The van der Waals surface area contributed by atoms with E-state index in [1.165, 1.54) is 7.11 Å². The number of nitrogens with zero attached hydrogens (tertiary/aromatic N) is 1. The molecule has 0 heterocycles. The van der Waals surface area contributed by atoms with Crippen LogP contribution in [0.3, 0.4) is 0 Å². The first-order valence-electron chi connectivity index (χ1n) is 7.92. The summed E-state index contributed by atoms with van der Waals surface area (Å²) in [6.45, 7) is 1.23. The largest absolute Gasteiger partial charge is 0.496 e. The Balaban J connectivity index is 2.61. The average Bonchev–Trinajstić information content (AvgIpc) is 2.95. The number of carbonyl (C=O) groups is 2. The molecule has 1 aliphatic rings. The summed E-state index contributed by atoms with van der Waals surface area (Å²) in [7, 11) is 1.45. The van der Waals surface area contributed by atoms with Gasteiger partial charge in [0.15, 0.2) is 5.78 Å². The van der Waals surface area contributed by atoms with E-state index in [2.05, 4.69) is 0 Å². The molecule has 130 valence electrons. The summed E-state index contributed by atoms with van der Waals surface area (Å²) in [4.78, 5) is 36.1. The normalized spacial score (nSPS) is 21.3. The van der Waals surface area contributed by atoms with Gasteiger partial charge < -0.3 is 9.47 Å². The lowest BCUT2D eigenvalue weighted by Gasteiger charge is -2.32. The molecule has 2 rings (SSSR count). The number of nitro groups is 1. The minimum Gasteiger partial charge on any atom is -0.496 e. The molecule has 0 amide bonds. The minimum absolute atomic E-state index is 0.116. The lowest BCUT2D eigenvalue weighted by atomic mass is 9.69. The summed E-state index contributed by atoms with van der Waals surface area (Å²) >= 11 is 0. The number of methoxy groups -OCH3 is 1. The molecule has 0 spiro atoms. The number of rotatable bonds is 7. The number of ether oxygens (including phenoxy) is 2. The van der Waals surface area contributed by atoms with Gasteiger partial charge in [0, 0.05) is 16.9 Å². The molecule has 0 unspecified atom stereocenters. The van der Waals surface area contributed by atoms with E-state index in [0.717, 1.165) is 0 Å². The van der Waals surface area contributed by atoms with E-state index in [4.69, 9.17) is 9.47 Å². The molecule has 1 aliphatic carbocycles. The Morgan fingerprint density at radius 3 is 2.67 bits per heavy atom. The summed E-state index contributed by atoms with van der Waals surface area (Å²) in [6, 6.07) is 6.78. The highest BCUT2D eigenvalue weighted by Crippen LogP contribution is 2.49. The predicted molar refractivity (Wildman–Crippen MR) is 85.5 cm³/mol. The molecular formula is C17H21NO6. The monoisotopic (exact) mass is 335 g/mol. The zero-order valence-electron chi connectivity index (χ0n) is 13.8. The second-order valence-electron chi connectivity index (χ2n) is 5.78. The number of ketones is 1. The molecule has 1 aromatic rings. The first-order chi connectivity index (χ1) is 11.5. The molecule has 0 saturated heterocycles. The van der Waals surface area contributed by atoms with Crippen molar-refractivity contribution in [3.05, 3.63) is 39.9 Å². The van der Waals surface area contributed by atoms with Gasteiger partial charge in [0.2, 0.25) is 6.54 Å². The van der Waals surface area contributed by atoms with Crippen molar-refractivity contribution in [1.29, 1.82) is 0 Å². The molecule has 1 fully saturated rings. The predicted octanol–water partition coefficient (Wildman–Crippen LogP) is 2.36. The fourth-order valence-electron chi connectivity index (χ4n) is 3.50. The molecule has 7 nitrogen and oxygen atoms in total. The molecule has 0 radical (unpaired) electrons. The highest BCUT2D eigenvalue weighted by atomic mass is 16.6. The molecule has 1 aromatic carbocycles. The van der Waals surface area contributed by atoms with E-state index in [1.54, 1.807) is 31.2 Å². The van der Waals surface area contributed by atoms with Gasteiger partial charge in [-0.3, -0.25) is 19.7 Å². The van der Waals surface area contributed by atoms with Gasteiger partial charge in [0.25, 0.3) is 0 Å². The number of carbonyl (C=O) groups excluding carboxylic acids is 2. The zero-order chi connectivity index (χ0) is 17.7. The number of hydrogen-bond acceptors (Lipinski definition) is 6. The van der Waals surface area contributed by atoms with Crippen LogP contribution < -0.4 is 4.74 Å². The van der Waals surface area contributed by atoms with E-state index in [0.29, 0.717) is 17.7 Å². The van der Waals surface area contributed by atoms with Crippen molar-refractivity contribution in [2.45, 2.75) is 32.1 Å². The van der Waals surface area contributed by atoms with Crippen molar-refractivity contribution >= 4 is 11.8 Å². The summed E-state index contributed by atoms with van der Waals surface area (Å²) in [5.41, 5.74) is -1.03. The molecule has 0 N–H and O–H groups in total. The Kier molecular flexibility index (Phi) is 5.54. The van der Waals surface area contributed by atoms with Crippen molar-refractivity contribution in [3.63, 3.8) is 0 Å². The molecule has 24 heavy (non-hydrogen) atoms. The third-order valence-corrected chi connectivity index (χ3v) is 4.55. The van der Waals surface area contributed by atoms with Gasteiger partial charge in [-0.05, 0) is 25.8 Å². The number of Topliss-reactive ketones (excluding diaryl/α,β-unsaturated/α-hetero) is 1. The minimum atomic E-state index is -1.52. The number of hydrogen-bond donors (Lipinski definition) is 0. The summed E-state index contributed by atoms with van der Waals surface area (Å²) in [6.07, 6.45) is 0.990. The average molecular weight is 335 g/mol. The first kappa shape index (κ1) is 17.9. The van der Waals surface area contributed by atoms with Crippen LogP contribution in [0.4, 0.5) is 0 Å². The third kappa shape index (κ3) is 3.11. The van der Waals surface area contributed by atoms with Crippen LogP contribution in [0, 0.1) is 15.5 Å². The maximum absolute atomic E-state index is 12.7. The van der Waals surface area contributed by atoms with Crippen LogP contribution in [0.5, 0.6) is 5.75 Å². The summed E-state index contributed by atoms with van der Waals surface area (Å²) in [5.74, 6) is -1.46. The molecule has 0 aromatic heterocycles. The lowest BCUT2D eigenvalue weighted by Crippen LogP contribution is -2.45. The maximum atomic E-state index is 12.7. The molecule has 0 bridgehead atoms. The Morgan fingerprint density at radius 2 is 2.12 bits per heavy atom. The molecule has 0 aliphatic heterocycles. The van der Waals surface area contributed by atoms with Gasteiger partial charge in [0.05, 0.1) is 19.6 Å². The summed E-state index contributed by atoms with van der Waals surface area (Å²) < 4.78 is 10.4. The van der Waals surface area contributed by atoms with Gasteiger partial charge in [-0.25, -0.2) is 0 Å². The fraction of sp³-hybridized carbons (Fsp3) is 0.529. The van der Waals surface area contributed by atoms with E-state index < -0.39 is 28.8 Å². The topological polar surface area (TPSA) is 95.7 Å². The van der Waals surface area contributed by atoms with Crippen molar-refractivity contribution in [3.8, 4) is 5.75 Å². The number of para-hydroxylation sites is 1. The lowest BCUT2D eigenvalue weighted by molar-refractivity contribution is -0.485. The van der Waals surface area contributed by atoms with Gasteiger partial charge in [-0.1, -0.05) is 18.2 Å². The highest BCUT2D eigenvalue weighted by Gasteiger charge is 2.58. The Labute approximate surface area is 140 Å². The van der Waals surface area contributed by atoms with Crippen LogP contribution in [0.15, 0.2) is 24.3 Å². The van der Waals surface area contributed by atoms with Gasteiger partial charge in [0.1, 0.15) is 11.2 Å². The van der Waals surface area contributed by atoms with E-state index in [1.807, 2.05) is 0 Å². The number of benzene rings is 1. The smallest absolute Gasteiger partial charge is 0.320 e. The third-order valence-electron chi connectivity index (χ3n) is 4.55. The zero-order valence-corrected chi connectivity index (χ0v) is 13.8. The van der Waals surface area contributed by atoms with Crippen LogP contribution in [0.2, 0.25) is 0 Å². The van der Waals surface area contributed by atoms with E-state index >= 15 is 0 Å². The highest BCUT2D eigenvalue weighted by molar-refractivity contribution is 6.06. The van der Waals surface area contributed by atoms with Crippen LogP contribution in [-0.4, -0.2) is 36.9 Å². The second-order valence-corrected chi connectivity index (χ2v) is 5.78. The molecule has 2 atom stereocenters. The SMILES string of the molecule is CCOC(=O)[C@@]1([C@H](C[N+](=O)[O-])c2ccccc2OC)CCCC1=O. The van der Waals surface area contributed by atoms with E-state index in [-0.39, 0.29) is 25.2 Å². The fourth-order valence-corrected chi connectivity index (χ4v) is 3.50. The van der Waals surface area contributed by atoms with Gasteiger partial charge in [-0.15, -0.1) is 0 Å². The molecular weight excluding hydrogens is 314 g/mol. The van der Waals surface area contributed by atoms with Crippen LogP contribution in [-0.2, 0) is 14.3 Å². The van der Waals surface area contributed by atoms with E-state index in [9.17, 15) is 19.7 Å². The van der Waals surface area contributed by atoms with Crippen molar-refractivity contribution in [2.24, 2.45) is 5.41 Å². The first-order valence-corrected chi connectivity index (χ1v) is 7.92. The van der Waals surface area contributed by atoms with Crippen molar-refractivity contribution < 1.29 is 24.0 Å². The van der Waals surface area contributed by atoms with Crippen LogP contribution >= 0.6 is 0 Å². The van der Waals surface area contributed by atoms with Crippen LogP contribution in [0.25, 0.3) is 0 Å². The standard InChI is InChI=1S/C17H21NO6/c1-3-24-16(20)17(10-6-9-15(17)19)13(11-18(21)22)12-7-4-5-8-14(12)23-2/h4-5,7-8,13H,3,6,9-11H2,1-2H3/t13-,17-/m1/s1. The van der Waals surface area contributed by atoms with Crippen molar-refractivity contribution in [2.75, 3.05) is 20.3 Å². The Morgan fingerprint density at radius 1 is 1.42 bits per heavy atom. The molecule has 1 saturated carbocycles. The van der Waals surface area contributed by atoms with Gasteiger partial charge in [-0.2, -0.15) is 0 Å².